The lowest BCUT2D eigenvalue weighted by Crippen LogP contribution is -3.15. The van der Waals surface area contributed by atoms with E-state index in [-0.39, 0.29) is 6.10 Å². The molecule has 1 aliphatic heterocycles. The van der Waals surface area contributed by atoms with Crippen molar-refractivity contribution in [2.75, 3.05) is 39.5 Å². The number of ether oxygens (including phenoxy) is 4. The molecule has 5 heteroatoms. The zero-order valence-electron chi connectivity index (χ0n) is 15.4. The summed E-state index contributed by atoms with van der Waals surface area (Å²) in [5, 5.41) is 0. The first-order valence-corrected chi connectivity index (χ1v) is 8.99. The summed E-state index contributed by atoms with van der Waals surface area (Å²) in [4.78, 5) is 1.56. The summed E-state index contributed by atoms with van der Waals surface area (Å²) in [6.07, 6.45) is 0.844. The molecule has 0 aliphatic carbocycles. The molecule has 2 atom stereocenters. The Balaban J connectivity index is 1.58. The van der Waals surface area contributed by atoms with E-state index in [1.165, 1.54) is 0 Å². The molecule has 1 N–H and O–H groups in total. The van der Waals surface area contributed by atoms with E-state index < -0.39 is 0 Å². The maximum absolute atomic E-state index is 5.75. The molecule has 1 aromatic rings. The second-order valence-electron chi connectivity index (χ2n) is 6.77. The van der Waals surface area contributed by atoms with E-state index in [1.807, 2.05) is 38.1 Å². The maximum atomic E-state index is 5.75. The van der Waals surface area contributed by atoms with Crippen molar-refractivity contribution in [2.45, 2.75) is 46.0 Å². The minimum absolute atomic E-state index is 0.164. The fraction of sp³-hybridized carbons (Fsp3) is 0.684. The number of nitrogens with one attached hydrogen (secondary N) is 1. The standard InChI is InChI=1S/C19H31NO4/c1-15(2)23-19-7-5-6-18(12-19)22-11-10-21-9-8-20-13-16(3)24-17(4)14-20/h5-7,12,15-17H,8-11,13-14H2,1-4H3/p+1/t16-,17-/m1/s1. The van der Waals surface area contributed by atoms with Crippen LogP contribution in [0.2, 0.25) is 0 Å². The molecule has 2 rings (SSSR count). The summed E-state index contributed by atoms with van der Waals surface area (Å²) >= 11 is 0. The van der Waals surface area contributed by atoms with Crippen LogP contribution >= 0.6 is 0 Å². The Morgan fingerprint density at radius 3 is 2.50 bits per heavy atom. The lowest BCUT2D eigenvalue weighted by atomic mass is 10.2. The number of quaternary nitrogens is 1. The van der Waals surface area contributed by atoms with Crippen LogP contribution in [0.15, 0.2) is 24.3 Å². The van der Waals surface area contributed by atoms with Gasteiger partial charge in [0.05, 0.1) is 19.3 Å². The summed E-state index contributed by atoms with van der Waals surface area (Å²) in [6.45, 7) is 13.4. The van der Waals surface area contributed by atoms with E-state index in [9.17, 15) is 0 Å². The van der Waals surface area contributed by atoms with Crippen LogP contribution in [-0.4, -0.2) is 57.8 Å². The number of hydrogen-bond donors (Lipinski definition) is 1. The highest BCUT2D eigenvalue weighted by atomic mass is 16.5. The third-order valence-corrected chi connectivity index (χ3v) is 3.89. The summed E-state index contributed by atoms with van der Waals surface area (Å²) in [6, 6.07) is 7.74. The highest BCUT2D eigenvalue weighted by molar-refractivity contribution is 5.33. The normalized spacial score (nSPS) is 24.1. The lowest BCUT2D eigenvalue weighted by molar-refractivity contribution is -0.915. The van der Waals surface area contributed by atoms with Crippen molar-refractivity contribution in [2.24, 2.45) is 0 Å². The number of rotatable bonds is 9. The van der Waals surface area contributed by atoms with E-state index in [4.69, 9.17) is 18.9 Å². The SMILES string of the molecule is CC(C)Oc1cccc(OCCOCC[NH+]2C[C@@H](C)O[C@H](C)C2)c1. The number of hydrogen-bond acceptors (Lipinski definition) is 4. The molecule has 0 bridgehead atoms. The Labute approximate surface area is 145 Å². The minimum atomic E-state index is 0.164. The number of benzene rings is 1. The van der Waals surface area contributed by atoms with E-state index in [0.29, 0.717) is 25.4 Å². The first-order chi connectivity index (χ1) is 11.5. The predicted octanol–water partition coefficient (Wildman–Crippen LogP) is 1.56. The van der Waals surface area contributed by atoms with Gasteiger partial charge in [-0.3, -0.25) is 0 Å². The van der Waals surface area contributed by atoms with Gasteiger partial charge in [0.1, 0.15) is 49.9 Å². The highest BCUT2D eigenvalue weighted by Gasteiger charge is 2.24. The molecular formula is C19H32NO4+. The van der Waals surface area contributed by atoms with Crippen molar-refractivity contribution < 1.29 is 23.8 Å². The van der Waals surface area contributed by atoms with Gasteiger partial charge in [0.25, 0.3) is 0 Å². The van der Waals surface area contributed by atoms with Gasteiger partial charge >= 0.3 is 0 Å². The Morgan fingerprint density at radius 2 is 1.79 bits per heavy atom. The molecule has 0 aromatic heterocycles. The zero-order valence-corrected chi connectivity index (χ0v) is 15.4. The highest BCUT2D eigenvalue weighted by Crippen LogP contribution is 2.20. The Hall–Kier alpha value is -1.30. The third kappa shape index (κ3) is 7.07. The van der Waals surface area contributed by atoms with E-state index in [0.717, 1.165) is 37.7 Å². The quantitative estimate of drug-likeness (QED) is 0.694. The first-order valence-electron chi connectivity index (χ1n) is 8.99. The van der Waals surface area contributed by atoms with Crippen LogP contribution in [0.4, 0.5) is 0 Å². The topological polar surface area (TPSA) is 41.4 Å². The van der Waals surface area contributed by atoms with Gasteiger partial charge in [0.2, 0.25) is 0 Å². The van der Waals surface area contributed by atoms with Gasteiger partial charge in [-0.05, 0) is 39.8 Å². The van der Waals surface area contributed by atoms with Gasteiger partial charge in [-0.2, -0.15) is 0 Å². The van der Waals surface area contributed by atoms with Crippen molar-refractivity contribution in [3.05, 3.63) is 24.3 Å². The van der Waals surface area contributed by atoms with Gasteiger partial charge in [-0.25, -0.2) is 0 Å². The summed E-state index contributed by atoms with van der Waals surface area (Å²) in [5.41, 5.74) is 0. The first kappa shape index (κ1) is 19.0. The van der Waals surface area contributed by atoms with Crippen LogP contribution in [0.1, 0.15) is 27.7 Å². The van der Waals surface area contributed by atoms with E-state index in [1.54, 1.807) is 4.90 Å². The van der Waals surface area contributed by atoms with Crippen LogP contribution in [0, 0.1) is 0 Å². The molecule has 0 radical (unpaired) electrons. The molecule has 24 heavy (non-hydrogen) atoms. The molecule has 1 heterocycles. The molecule has 1 saturated heterocycles. The van der Waals surface area contributed by atoms with Crippen molar-refractivity contribution in [1.82, 2.24) is 0 Å². The van der Waals surface area contributed by atoms with Crippen LogP contribution in [-0.2, 0) is 9.47 Å². The van der Waals surface area contributed by atoms with Crippen LogP contribution in [0.5, 0.6) is 11.5 Å². The third-order valence-electron chi connectivity index (χ3n) is 3.89. The predicted molar refractivity (Wildman–Crippen MR) is 94.1 cm³/mol. The Morgan fingerprint density at radius 1 is 1.08 bits per heavy atom. The molecule has 1 aliphatic rings. The molecule has 0 unspecified atom stereocenters. The average molecular weight is 338 g/mol. The zero-order chi connectivity index (χ0) is 17.4. The Kier molecular flexibility index (Phi) is 7.82. The van der Waals surface area contributed by atoms with Gasteiger partial charge in [-0.1, -0.05) is 6.07 Å². The smallest absolute Gasteiger partial charge is 0.123 e. The van der Waals surface area contributed by atoms with Crippen molar-refractivity contribution in [3.63, 3.8) is 0 Å². The van der Waals surface area contributed by atoms with Crippen LogP contribution in [0.3, 0.4) is 0 Å². The Bertz CT molecular complexity index is 470. The van der Waals surface area contributed by atoms with Gasteiger partial charge < -0.3 is 23.8 Å². The van der Waals surface area contributed by atoms with Gasteiger partial charge in [-0.15, -0.1) is 0 Å². The van der Waals surface area contributed by atoms with Crippen molar-refractivity contribution >= 4 is 0 Å². The monoisotopic (exact) mass is 338 g/mol. The molecular weight excluding hydrogens is 306 g/mol. The molecule has 0 spiro atoms. The minimum Gasteiger partial charge on any atom is -0.491 e. The summed E-state index contributed by atoms with van der Waals surface area (Å²) in [5.74, 6) is 1.65. The van der Waals surface area contributed by atoms with Gasteiger partial charge in [0.15, 0.2) is 0 Å². The number of morpholine rings is 1. The average Bonchev–Trinajstić information content (AvgIpc) is 2.49. The molecule has 1 aromatic carbocycles. The van der Waals surface area contributed by atoms with Crippen LogP contribution < -0.4 is 14.4 Å². The van der Waals surface area contributed by atoms with E-state index in [2.05, 4.69) is 13.8 Å². The van der Waals surface area contributed by atoms with Gasteiger partial charge in [0, 0.05) is 6.07 Å². The second-order valence-corrected chi connectivity index (χ2v) is 6.77. The molecule has 0 amide bonds. The van der Waals surface area contributed by atoms with Crippen molar-refractivity contribution in [1.29, 1.82) is 0 Å². The van der Waals surface area contributed by atoms with E-state index >= 15 is 0 Å². The molecule has 5 nitrogen and oxygen atoms in total. The lowest BCUT2D eigenvalue weighted by Gasteiger charge is -2.32. The molecule has 0 saturated carbocycles. The fourth-order valence-electron chi connectivity index (χ4n) is 3.04. The second kappa shape index (κ2) is 9.87. The maximum Gasteiger partial charge on any atom is 0.123 e. The largest absolute Gasteiger partial charge is 0.491 e. The van der Waals surface area contributed by atoms with Crippen LogP contribution in [0.25, 0.3) is 0 Å². The molecule has 136 valence electrons. The molecule has 1 fully saturated rings. The fourth-order valence-corrected chi connectivity index (χ4v) is 3.04. The summed E-state index contributed by atoms with van der Waals surface area (Å²) in [7, 11) is 0. The summed E-state index contributed by atoms with van der Waals surface area (Å²) < 4.78 is 22.8. The van der Waals surface area contributed by atoms with Crippen molar-refractivity contribution in [3.8, 4) is 11.5 Å².